The van der Waals surface area contributed by atoms with Crippen LogP contribution in [0.15, 0.2) is 30.3 Å². The molecule has 0 saturated carbocycles. The fourth-order valence-corrected chi connectivity index (χ4v) is 2.38. The van der Waals surface area contributed by atoms with Crippen LogP contribution in [-0.4, -0.2) is 5.91 Å². The summed E-state index contributed by atoms with van der Waals surface area (Å²) in [5, 5.41) is 0.939. The number of carbonyl (C=O) groups excluding carboxylic acids is 1. The van der Waals surface area contributed by atoms with Gasteiger partial charge in [0.05, 0.1) is 10.6 Å². The molecule has 104 valence electrons. The van der Waals surface area contributed by atoms with Crippen LogP contribution in [0.1, 0.15) is 10.4 Å². The van der Waals surface area contributed by atoms with Crippen molar-refractivity contribution in [2.24, 2.45) is 5.73 Å². The Hall–Kier alpha value is -1.62. The van der Waals surface area contributed by atoms with Gasteiger partial charge in [-0.2, -0.15) is 0 Å². The van der Waals surface area contributed by atoms with Gasteiger partial charge in [0.15, 0.2) is 5.75 Å². The van der Waals surface area contributed by atoms with Crippen molar-refractivity contribution < 1.29 is 9.53 Å². The Kier molecular flexibility index (Phi) is 4.28. The number of halogens is 3. The summed E-state index contributed by atoms with van der Waals surface area (Å²) in [6.45, 7) is 0. The molecule has 2 aromatic rings. The van der Waals surface area contributed by atoms with E-state index in [2.05, 4.69) is 0 Å². The van der Waals surface area contributed by atoms with Gasteiger partial charge in [0, 0.05) is 15.7 Å². The SMILES string of the molecule is NC(=O)c1cc(N)cc(Cl)c1Oc1cc(Cl)cc(Cl)c1. The summed E-state index contributed by atoms with van der Waals surface area (Å²) in [5.41, 5.74) is 11.3. The largest absolute Gasteiger partial charge is 0.455 e. The van der Waals surface area contributed by atoms with Crippen molar-refractivity contribution in [2.75, 3.05) is 5.73 Å². The van der Waals surface area contributed by atoms with E-state index in [4.69, 9.17) is 51.0 Å². The van der Waals surface area contributed by atoms with Crippen LogP contribution in [0.5, 0.6) is 11.5 Å². The van der Waals surface area contributed by atoms with E-state index in [0.29, 0.717) is 21.5 Å². The molecule has 0 aliphatic rings. The van der Waals surface area contributed by atoms with Gasteiger partial charge in [0.25, 0.3) is 5.91 Å². The molecule has 0 saturated heterocycles. The highest BCUT2D eigenvalue weighted by Crippen LogP contribution is 2.36. The van der Waals surface area contributed by atoms with Gasteiger partial charge in [0.2, 0.25) is 0 Å². The number of nitrogen functional groups attached to an aromatic ring is 1. The first-order valence-electron chi connectivity index (χ1n) is 5.39. The summed E-state index contributed by atoms with van der Waals surface area (Å²) < 4.78 is 5.56. The predicted octanol–water partition coefficient (Wildman–Crippen LogP) is 4.12. The number of benzene rings is 2. The van der Waals surface area contributed by atoms with Crippen LogP contribution in [-0.2, 0) is 0 Å². The molecule has 2 rings (SSSR count). The maximum absolute atomic E-state index is 11.4. The van der Waals surface area contributed by atoms with E-state index in [-0.39, 0.29) is 16.3 Å². The Morgan fingerprint density at radius 3 is 2.15 bits per heavy atom. The second-order valence-corrected chi connectivity index (χ2v) is 5.23. The van der Waals surface area contributed by atoms with Gasteiger partial charge < -0.3 is 16.2 Å². The molecule has 0 atom stereocenters. The van der Waals surface area contributed by atoms with E-state index >= 15 is 0 Å². The van der Waals surface area contributed by atoms with Crippen molar-refractivity contribution in [2.45, 2.75) is 0 Å². The van der Waals surface area contributed by atoms with Gasteiger partial charge in [-0.3, -0.25) is 4.79 Å². The molecule has 0 unspecified atom stereocenters. The standard InChI is InChI=1S/C13H9Cl3N2O2/c14-6-1-7(15)3-9(2-6)20-12-10(13(18)19)4-8(17)5-11(12)16/h1-5H,17H2,(H2,18,19). The smallest absolute Gasteiger partial charge is 0.252 e. The summed E-state index contributed by atoms with van der Waals surface area (Å²) in [4.78, 5) is 11.4. The number of amides is 1. The van der Waals surface area contributed by atoms with Crippen LogP contribution in [0.4, 0.5) is 5.69 Å². The number of hydrogen-bond donors (Lipinski definition) is 2. The van der Waals surface area contributed by atoms with Crippen LogP contribution in [0.3, 0.4) is 0 Å². The summed E-state index contributed by atoms with van der Waals surface area (Å²) in [6, 6.07) is 7.45. The number of rotatable bonds is 3. The zero-order chi connectivity index (χ0) is 14.9. The number of ether oxygens (including phenoxy) is 1. The third-order valence-electron chi connectivity index (χ3n) is 2.39. The van der Waals surface area contributed by atoms with E-state index in [1.807, 2.05) is 0 Å². The van der Waals surface area contributed by atoms with Gasteiger partial charge in [-0.1, -0.05) is 34.8 Å². The van der Waals surface area contributed by atoms with Crippen LogP contribution < -0.4 is 16.2 Å². The molecule has 0 aliphatic carbocycles. The molecular weight excluding hydrogens is 323 g/mol. The van der Waals surface area contributed by atoms with Crippen LogP contribution in [0, 0.1) is 0 Å². The van der Waals surface area contributed by atoms with Gasteiger partial charge in [-0.05, 0) is 30.3 Å². The molecule has 0 radical (unpaired) electrons. The molecule has 20 heavy (non-hydrogen) atoms. The zero-order valence-corrected chi connectivity index (χ0v) is 12.3. The predicted molar refractivity (Wildman–Crippen MR) is 80.9 cm³/mol. The third-order valence-corrected chi connectivity index (χ3v) is 3.10. The molecule has 7 heteroatoms. The highest BCUT2D eigenvalue weighted by Gasteiger charge is 2.16. The van der Waals surface area contributed by atoms with Crippen molar-refractivity contribution in [3.8, 4) is 11.5 Å². The highest BCUT2D eigenvalue weighted by molar-refractivity contribution is 6.35. The van der Waals surface area contributed by atoms with Gasteiger partial charge in [0.1, 0.15) is 5.75 Å². The molecule has 0 fully saturated rings. The summed E-state index contributed by atoms with van der Waals surface area (Å²) in [5.74, 6) is -0.273. The molecule has 4 nitrogen and oxygen atoms in total. The lowest BCUT2D eigenvalue weighted by atomic mass is 10.1. The molecule has 0 bridgehead atoms. The molecule has 0 heterocycles. The molecule has 2 aromatic carbocycles. The normalized spacial score (nSPS) is 10.3. The summed E-state index contributed by atoms with van der Waals surface area (Å²) in [6.07, 6.45) is 0. The number of anilines is 1. The second-order valence-electron chi connectivity index (χ2n) is 3.95. The van der Waals surface area contributed by atoms with Gasteiger partial charge >= 0.3 is 0 Å². The fraction of sp³-hybridized carbons (Fsp3) is 0. The quantitative estimate of drug-likeness (QED) is 0.830. The molecule has 4 N–H and O–H groups in total. The number of primary amides is 1. The molecular formula is C13H9Cl3N2O2. The maximum atomic E-state index is 11.4. The first kappa shape index (κ1) is 14.8. The van der Waals surface area contributed by atoms with Crippen LogP contribution in [0.2, 0.25) is 15.1 Å². The molecule has 0 aliphatic heterocycles. The first-order valence-corrected chi connectivity index (χ1v) is 6.53. The minimum absolute atomic E-state index is 0.0751. The van der Waals surface area contributed by atoms with Crippen molar-refractivity contribution >= 4 is 46.4 Å². The van der Waals surface area contributed by atoms with E-state index in [1.54, 1.807) is 6.07 Å². The van der Waals surface area contributed by atoms with E-state index in [9.17, 15) is 4.79 Å². The minimum Gasteiger partial charge on any atom is -0.455 e. The Morgan fingerprint density at radius 2 is 1.60 bits per heavy atom. The molecule has 0 spiro atoms. The number of nitrogens with two attached hydrogens (primary N) is 2. The third kappa shape index (κ3) is 3.28. The molecule has 0 aromatic heterocycles. The highest BCUT2D eigenvalue weighted by atomic mass is 35.5. The monoisotopic (exact) mass is 330 g/mol. The van der Waals surface area contributed by atoms with Crippen LogP contribution in [0.25, 0.3) is 0 Å². The Labute approximate surface area is 130 Å². The van der Waals surface area contributed by atoms with Crippen LogP contribution >= 0.6 is 34.8 Å². The van der Waals surface area contributed by atoms with E-state index in [0.717, 1.165) is 0 Å². The van der Waals surface area contributed by atoms with Gasteiger partial charge in [-0.15, -0.1) is 0 Å². The number of hydrogen-bond acceptors (Lipinski definition) is 3. The maximum Gasteiger partial charge on any atom is 0.252 e. The summed E-state index contributed by atoms with van der Waals surface area (Å²) >= 11 is 17.8. The average Bonchev–Trinajstić information content (AvgIpc) is 2.30. The second kappa shape index (κ2) is 5.79. The summed E-state index contributed by atoms with van der Waals surface area (Å²) in [7, 11) is 0. The topological polar surface area (TPSA) is 78.3 Å². The Balaban J connectivity index is 2.50. The molecule has 1 amide bonds. The lowest BCUT2D eigenvalue weighted by Crippen LogP contribution is -2.13. The van der Waals surface area contributed by atoms with Crippen molar-refractivity contribution in [1.29, 1.82) is 0 Å². The lowest BCUT2D eigenvalue weighted by molar-refractivity contribution is 0.0998. The average molecular weight is 332 g/mol. The Bertz CT molecular complexity index is 669. The zero-order valence-electron chi connectivity index (χ0n) is 9.99. The van der Waals surface area contributed by atoms with Crippen molar-refractivity contribution in [1.82, 2.24) is 0 Å². The Morgan fingerprint density at radius 1 is 1.00 bits per heavy atom. The minimum atomic E-state index is -0.706. The van der Waals surface area contributed by atoms with Crippen molar-refractivity contribution in [3.63, 3.8) is 0 Å². The van der Waals surface area contributed by atoms with E-state index in [1.165, 1.54) is 24.3 Å². The lowest BCUT2D eigenvalue weighted by Gasteiger charge is -2.12. The number of carbonyl (C=O) groups is 1. The van der Waals surface area contributed by atoms with Crippen molar-refractivity contribution in [3.05, 3.63) is 51.0 Å². The first-order chi connectivity index (χ1) is 9.36. The fourth-order valence-electron chi connectivity index (χ4n) is 1.61. The van der Waals surface area contributed by atoms with Gasteiger partial charge in [-0.25, -0.2) is 0 Å². The van der Waals surface area contributed by atoms with E-state index < -0.39 is 5.91 Å².